The highest BCUT2D eigenvalue weighted by Gasteiger charge is 2.58. The average Bonchev–Trinajstić information content (AvgIpc) is 3.14. The van der Waals surface area contributed by atoms with Gasteiger partial charge in [-0.1, -0.05) is 23.7 Å². The third-order valence-corrected chi connectivity index (χ3v) is 5.05. The van der Waals surface area contributed by atoms with Crippen LogP contribution in [0.4, 0.5) is 0 Å². The van der Waals surface area contributed by atoms with Crippen molar-refractivity contribution in [2.24, 2.45) is 11.3 Å². The van der Waals surface area contributed by atoms with Crippen molar-refractivity contribution < 1.29 is 4.79 Å². The summed E-state index contributed by atoms with van der Waals surface area (Å²) in [4.78, 5) is 14.4. The maximum Gasteiger partial charge on any atom is 0.226 e. The Balaban J connectivity index is 0.00000161. The van der Waals surface area contributed by atoms with Crippen LogP contribution in [0.1, 0.15) is 24.8 Å². The Hall–Kier alpha value is -0.770. The van der Waals surface area contributed by atoms with Gasteiger partial charge in [0, 0.05) is 24.5 Å². The molecular formula is C16H22Cl2N2O. The molecule has 1 unspecified atom stereocenters. The molecule has 2 fully saturated rings. The van der Waals surface area contributed by atoms with Crippen LogP contribution in [0.25, 0.3) is 0 Å². The largest absolute Gasteiger partial charge is 0.341 e. The number of hydrogen-bond acceptors (Lipinski definition) is 2. The van der Waals surface area contributed by atoms with Gasteiger partial charge in [-0.3, -0.25) is 4.79 Å². The van der Waals surface area contributed by atoms with E-state index >= 15 is 0 Å². The molecule has 0 aromatic heterocycles. The Kier molecular flexibility index (Phi) is 5.18. The van der Waals surface area contributed by atoms with Gasteiger partial charge in [-0.2, -0.15) is 0 Å². The van der Waals surface area contributed by atoms with Crippen molar-refractivity contribution in [2.45, 2.75) is 25.8 Å². The van der Waals surface area contributed by atoms with E-state index in [0.717, 1.165) is 42.9 Å². The molecule has 1 spiro atoms. The van der Waals surface area contributed by atoms with E-state index in [0.29, 0.717) is 17.9 Å². The van der Waals surface area contributed by atoms with Crippen molar-refractivity contribution in [2.75, 3.05) is 20.1 Å². The summed E-state index contributed by atoms with van der Waals surface area (Å²) in [5, 5.41) is 4.11. The number of benzene rings is 1. The number of piperidine rings is 1. The number of nitrogens with zero attached hydrogens (tertiary/aromatic N) is 1. The van der Waals surface area contributed by atoms with Crippen LogP contribution >= 0.6 is 24.0 Å². The molecule has 1 saturated carbocycles. The number of hydrogen-bond donors (Lipinski definition) is 1. The van der Waals surface area contributed by atoms with E-state index in [2.05, 4.69) is 5.32 Å². The highest BCUT2D eigenvalue weighted by atomic mass is 35.5. The molecule has 1 saturated heterocycles. The lowest BCUT2D eigenvalue weighted by atomic mass is 9.91. The summed E-state index contributed by atoms with van der Waals surface area (Å²) in [7, 11) is 1.91. The van der Waals surface area contributed by atoms with E-state index < -0.39 is 0 Å². The lowest BCUT2D eigenvalue weighted by Crippen LogP contribution is -2.34. The maximum absolute atomic E-state index is 12.5. The van der Waals surface area contributed by atoms with Crippen molar-refractivity contribution in [3.05, 3.63) is 34.9 Å². The first-order chi connectivity index (χ1) is 9.61. The standard InChI is InChI=1S/C16H21ClN2O.ClH/c1-19(11-12-2-4-13(17)5-3-12)15(20)14-10-16(14)6-8-18-9-7-16;/h2-5,14,18H,6-11H2,1H3;1H. The zero-order chi connectivity index (χ0) is 14.2. The Labute approximate surface area is 137 Å². The van der Waals surface area contributed by atoms with Crippen LogP contribution in [0.5, 0.6) is 0 Å². The van der Waals surface area contributed by atoms with Crippen molar-refractivity contribution in [3.63, 3.8) is 0 Å². The molecule has 5 heteroatoms. The number of rotatable bonds is 3. The summed E-state index contributed by atoms with van der Waals surface area (Å²) >= 11 is 5.88. The molecular weight excluding hydrogens is 307 g/mol. The average molecular weight is 329 g/mol. The fourth-order valence-electron chi connectivity index (χ4n) is 3.38. The first kappa shape index (κ1) is 16.6. The Morgan fingerprint density at radius 3 is 2.57 bits per heavy atom. The number of carbonyl (C=O) groups excluding carboxylic acids is 1. The minimum Gasteiger partial charge on any atom is -0.341 e. The van der Waals surface area contributed by atoms with E-state index in [9.17, 15) is 4.79 Å². The lowest BCUT2D eigenvalue weighted by molar-refractivity contribution is -0.132. The van der Waals surface area contributed by atoms with Crippen LogP contribution in [0.2, 0.25) is 5.02 Å². The smallest absolute Gasteiger partial charge is 0.226 e. The summed E-state index contributed by atoms with van der Waals surface area (Å²) in [6.07, 6.45) is 3.38. The van der Waals surface area contributed by atoms with Crippen molar-refractivity contribution >= 4 is 29.9 Å². The van der Waals surface area contributed by atoms with Crippen LogP contribution in [-0.2, 0) is 11.3 Å². The molecule has 1 heterocycles. The fourth-order valence-corrected chi connectivity index (χ4v) is 3.51. The lowest BCUT2D eigenvalue weighted by Gasteiger charge is -2.25. The predicted octanol–water partition coefficient (Wildman–Crippen LogP) is 3.11. The van der Waals surface area contributed by atoms with Gasteiger partial charge in [0.2, 0.25) is 5.91 Å². The van der Waals surface area contributed by atoms with Gasteiger partial charge in [-0.05, 0) is 55.5 Å². The molecule has 1 aromatic carbocycles. The number of nitrogens with one attached hydrogen (secondary N) is 1. The summed E-state index contributed by atoms with van der Waals surface area (Å²) < 4.78 is 0. The molecule has 1 aromatic rings. The highest BCUT2D eigenvalue weighted by Crippen LogP contribution is 2.59. The van der Waals surface area contributed by atoms with Gasteiger partial charge in [0.1, 0.15) is 0 Å². The molecule has 116 valence electrons. The van der Waals surface area contributed by atoms with Crippen molar-refractivity contribution in [1.82, 2.24) is 10.2 Å². The number of amides is 1. The second-order valence-corrected chi connectivity index (χ2v) is 6.63. The van der Waals surface area contributed by atoms with E-state index in [4.69, 9.17) is 11.6 Å². The molecule has 1 aliphatic carbocycles. The topological polar surface area (TPSA) is 32.3 Å². The fraction of sp³-hybridized carbons (Fsp3) is 0.562. The van der Waals surface area contributed by atoms with Gasteiger partial charge >= 0.3 is 0 Å². The van der Waals surface area contributed by atoms with Crippen molar-refractivity contribution in [3.8, 4) is 0 Å². The van der Waals surface area contributed by atoms with Gasteiger partial charge in [0.15, 0.2) is 0 Å². The van der Waals surface area contributed by atoms with E-state index in [1.165, 1.54) is 0 Å². The summed E-state index contributed by atoms with van der Waals surface area (Å²) in [5.74, 6) is 0.559. The third kappa shape index (κ3) is 3.53. The van der Waals surface area contributed by atoms with Crippen molar-refractivity contribution in [1.29, 1.82) is 0 Å². The molecule has 1 aliphatic heterocycles. The normalized spacial score (nSPS) is 22.5. The SMILES string of the molecule is CN(Cc1ccc(Cl)cc1)C(=O)C1CC12CCNCC2.Cl. The minimum atomic E-state index is 0. The van der Waals surface area contributed by atoms with Crippen LogP contribution in [-0.4, -0.2) is 30.9 Å². The monoisotopic (exact) mass is 328 g/mol. The van der Waals surface area contributed by atoms with E-state index in [1.54, 1.807) is 0 Å². The molecule has 2 aliphatic rings. The first-order valence-corrected chi connectivity index (χ1v) is 7.69. The van der Waals surface area contributed by atoms with Gasteiger partial charge in [0.25, 0.3) is 0 Å². The van der Waals surface area contributed by atoms with Crippen LogP contribution < -0.4 is 5.32 Å². The molecule has 3 rings (SSSR count). The second kappa shape index (κ2) is 6.55. The molecule has 1 atom stereocenters. The highest BCUT2D eigenvalue weighted by molar-refractivity contribution is 6.30. The Bertz CT molecular complexity index is 498. The zero-order valence-electron chi connectivity index (χ0n) is 12.3. The number of carbonyl (C=O) groups is 1. The van der Waals surface area contributed by atoms with Crippen LogP contribution in [0.15, 0.2) is 24.3 Å². The van der Waals surface area contributed by atoms with Gasteiger partial charge in [-0.25, -0.2) is 0 Å². The number of halogens is 2. The molecule has 21 heavy (non-hydrogen) atoms. The first-order valence-electron chi connectivity index (χ1n) is 7.31. The quantitative estimate of drug-likeness (QED) is 0.924. The second-order valence-electron chi connectivity index (χ2n) is 6.19. The molecule has 0 radical (unpaired) electrons. The van der Waals surface area contributed by atoms with Gasteiger partial charge in [0.05, 0.1) is 0 Å². The molecule has 3 nitrogen and oxygen atoms in total. The van der Waals surface area contributed by atoms with Gasteiger partial charge < -0.3 is 10.2 Å². The third-order valence-electron chi connectivity index (χ3n) is 4.80. The summed E-state index contributed by atoms with van der Waals surface area (Å²) in [5.41, 5.74) is 1.45. The summed E-state index contributed by atoms with van der Waals surface area (Å²) in [6.45, 7) is 2.79. The maximum atomic E-state index is 12.5. The van der Waals surface area contributed by atoms with E-state index in [-0.39, 0.29) is 18.3 Å². The Morgan fingerprint density at radius 2 is 1.95 bits per heavy atom. The zero-order valence-corrected chi connectivity index (χ0v) is 13.8. The van der Waals surface area contributed by atoms with Crippen LogP contribution in [0, 0.1) is 11.3 Å². The molecule has 0 bridgehead atoms. The minimum absolute atomic E-state index is 0. The van der Waals surface area contributed by atoms with E-state index in [1.807, 2.05) is 36.2 Å². The van der Waals surface area contributed by atoms with Gasteiger partial charge in [-0.15, -0.1) is 12.4 Å². The predicted molar refractivity (Wildman–Crippen MR) is 87.8 cm³/mol. The molecule has 1 N–H and O–H groups in total. The van der Waals surface area contributed by atoms with Crippen LogP contribution in [0.3, 0.4) is 0 Å². The molecule has 1 amide bonds. The summed E-state index contributed by atoms with van der Waals surface area (Å²) in [6, 6.07) is 7.72. The Morgan fingerprint density at radius 1 is 1.33 bits per heavy atom.